The number of hydrogen-bond donors (Lipinski definition) is 2. The quantitative estimate of drug-likeness (QED) is 0.556. The molecule has 0 aromatic heterocycles. The maximum Gasteiger partial charge on any atom is 0.0487 e. The lowest BCUT2D eigenvalue weighted by Crippen LogP contribution is -2.07. The molecule has 0 aliphatic heterocycles. The summed E-state index contributed by atoms with van der Waals surface area (Å²) in [5, 5.41) is 0. The molecule has 0 aliphatic carbocycles. The van der Waals surface area contributed by atoms with Gasteiger partial charge in [0, 0.05) is 5.69 Å². The lowest BCUT2D eigenvalue weighted by atomic mass is 9.97. The van der Waals surface area contributed by atoms with Gasteiger partial charge in [-0.1, -0.05) is 38.8 Å². The monoisotopic (exact) mass is 192 g/mol. The van der Waals surface area contributed by atoms with Crippen molar-refractivity contribution in [2.75, 3.05) is 5.43 Å². The first kappa shape index (κ1) is 11.1. The van der Waals surface area contributed by atoms with Gasteiger partial charge in [0.15, 0.2) is 0 Å². The standard InChI is InChI=1S/C12H20N2/c1-3-5-10(2)8-11-6-4-7-12(9-11)14-13/h4,6-7,9-10,14H,3,5,8,13H2,1-2H3. The van der Waals surface area contributed by atoms with Gasteiger partial charge in [-0.05, 0) is 30.0 Å². The van der Waals surface area contributed by atoms with E-state index in [2.05, 4.69) is 31.4 Å². The Hall–Kier alpha value is -1.02. The topological polar surface area (TPSA) is 38.0 Å². The van der Waals surface area contributed by atoms with E-state index in [0.29, 0.717) is 0 Å². The number of rotatable bonds is 5. The van der Waals surface area contributed by atoms with Crippen molar-refractivity contribution < 1.29 is 0 Å². The maximum atomic E-state index is 5.36. The van der Waals surface area contributed by atoms with Crippen LogP contribution in [0.4, 0.5) is 5.69 Å². The van der Waals surface area contributed by atoms with E-state index >= 15 is 0 Å². The van der Waals surface area contributed by atoms with Crippen molar-refractivity contribution in [3.05, 3.63) is 29.8 Å². The van der Waals surface area contributed by atoms with Gasteiger partial charge in [-0.2, -0.15) is 0 Å². The highest BCUT2D eigenvalue weighted by Crippen LogP contribution is 2.16. The number of hydrazine groups is 1. The fourth-order valence-corrected chi connectivity index (χ4v) is 1.79. The summed E-state index contributed by atoms with van der Waals surface area (Å²) >= 11 is 0. The Balaban J connectivity index is 2.57. The molecule has 3 N–H and O–H groups in total. The molecule has 0 radical (unpaired) electrons. The van der Waals surface area contributed by atoms with E-state index in [-0.39, 0.29) is 0 Å². The van der Waals surface area contributed by atoms with Gasteiger partial charge in [0.25, 0.3) is 0 Å². The van der Waals surface area contributed by atoms with Crippen LogP contribution in [0.5, 0.6) is 0 Å². The maximum absolute atomic E-state index is 5.36. The van der Waals surface area contributed by atoms with Crippen LogP contribution < -0.4 is 11.3 Å². The zero-order valence-corrected chi connectivity index (χ0v) is 9.09. The molecule has 1 aromatic rings. The molecule has 2 heteroatoms. The van der Waals surface area contributed by atoms with Crippen LogP contribution in [0, 0.1) is 5.92 Å². The average molecular weight is 192 g/mol. The highest BCUT2D eigenvalue weighted by molar-refractivity contribution is 5.44. The first-order chi connectivity index (χ1) is 6.76. The highest BCUT2D eigenvalue weighted by Gasteiger charge is 2.02. The fraction of sp³-hybridized carbons (Fsp3) is 0.500. The minimum atomic E-state index is 0.757. The number of nitrogen functional groups attached to an aromatic ring is 1. The molecular formula is C12H20N2. The van der Waals surface area contributed by atoms with Crippen molar-refractivity contribution in [1.82, 2.24) is 0 Å². The second-order valence-electron chi connectivity index (χ2n) is 3.94. The molecule has 0 saturated heterocycles. The molecule has 0 fully saturated rings. The number of benzene rings is 1. The second kappa shape index (κ2) is 5.66. The number of nitrogens with one attached hydrogen (secondary N) is 1. The molecule has 78 valence electrons. The minimum Gasteiger partial charge on any atom is -0.324 e. The Morgan fingerprint density at radius 1 is 1.43 bits per heavy atom. The Bertz CT molecular complexity index is 271. The van der Waals surface area contributed by atoms with E-state index in [1.54, 1.807) is 0 Å². The normalized spacial score (nSPS) is 12.5. The number of hydrogen-bond acceptors (Lipinski definition) is 2. The molecule has 0 aliphatic rings. The molecule has 1 atom stereocenters. The van der Waals surface area contributed by atoms with Crippen molar-refractivity contribution in [3.8, 4) is 0 Å². The summed E-state index contributed by atoms with van der Waals surface area (Å²) in [6.07, 6.45) is 3.69. The Morgan fingerprint density at radius 3 is 2.86 bits per heavy atom. The third kappa shape index (κ3) is 3.38. The van der Waals surface area contributed by atoms with E-state index in [1.807, 2.05) is 12.1 Å². The van der Waals surface area contributed by atoms with Gasteiger partial charge < -0.3 is 5.43 Å². The van der Waals surface area contributed by atoms with Crippen LogP contribution in [-0.2, 0) is 6.42 Å². The summed E-state index contributed by atoms with van der Waals surface area (Å²) in [6.45, 7) is 4.53. The van der Waals surface area contributed by atoms with Gasteiger partial charge in [-0.3, -0.25) is 5.84 Å². The van der Waals surface area contributed by atoms with Crippen molar-refractivity contribution in [3.63, 3.8) is 0 Å². The first-order valence-electron chi connectivity index (χ1n) is 5.31. The summed E-state index contributed by atoms with van der Waals surface area (Å²) in [5.74, 6) is 6.12. The first-order valence-corrected chi connectivity index (χ1v) is 5.31. The summed E-state index contributed by atoms with van der Waals surface area (Å²) in [7, 11) is 0. The van der Waals surface area contributed by atoms with Gasteiger partial charge in [-0.15, -0.1) is 0 Å². The second-order valence-corrected chi connectivity index (χ2v) is 3.94. The zero-order valence-electron chi connectivity index (χ0n) is 9.09. The Kier molecular flexibility index (Phi) is 4.47. The largest absolute Gasteiger partial charge is 0.324 e. The van der Waals surface area contributed by atoms with Crippen LogP contribution in [0.2, 0.25) is 0 Å². The van der Waals surface area contributed by atoms with Gasteiger partial charge in [0.05, 0.1) is 0 Å². The van der Waals surface area contributed by atoms with E-state index in [4.69, 9.17) is 5.84 Å². The van der Waals surface area contributed by atoms with Crippen molar-refractivity contribution >= 4 is 5.69 Å². The van der Waals surface area contributed by atoms with Crippen LogP contribution in [0.3, 0.4) is 0 Å². The van der Waals surface area contributed by atoms with Crippen molar-refractivity contribution in [2.24, 2.45) is 11.8 Å². The predicted octanol–water partition coefficient (Wildman–Crippen LogP) is 2.95. The van der Waals surface area contributed by atoms with Gasteiger partial charge in [0.1, 0.15) is 0 Å². The Morgan fingerprint density at radius 2 is 2.21 bits per heavy atom. The molecule has 1 rings (SSSR count). The van der Waals surface area contributed by atoms with Crippen LogP contribution in [-0.4, -0.2) is 0 Å². The molecular weight excluding hydrogens is 172 g/mol. The number of anilines is 1. The summed E-state index contributed by atoms with van der Waals surface area (Å²) in [6, 6.07) is 8.30. The van der Waals surface area contributed by atoms with Crippen molar-refractivity contribution in [2.45, 2.75) is 33.1 Å². The minimum absolute atomic E-state index is 0.757. The summed E-state index contributed by atoms with van der Waals surface area (Å²) in [4.78, 5) is 0. The van der Waals surface area contributed by atoms with Crippen LogP contribution in [0.15, 0.2) is 24.3 Å². The third-order valence-electron chi connectivity index (χ3n) is 2.46. The van der Waals surface area contributed by atoms with E-state index in [1.165, 1.54) is 18.4 Å². The lowest BCUT2D eigenvalue weighted by Gasteiger charge is -2.10. The average Bonchev–Trinajstić information content (AvgIpc) is 2.18. The van der Waals surface area contributed by atoms with Crippen molar-refractivity contribution in [1.29, 1.82) is 0 Å². The molecule has 0 amide bonds. The molecule has 2 nitrogen and oxygen atoms in total. The molecule has 0 spiro atoms. The van der Waals surface area contributed by atoms with Crippen LogP contribution in [0.1, 0.15) is 32.3 Å². The van der Waals surface area contributed by atoms with Gasteiger partial charge >= 0.3 is 0 Å². The van der Waals surface area contributed by atoms with E-state index in [9.17, 15) is 0 Å². The summed E-state index contributed by atoms with van der Waals surface area (Å²) < 4.78 is 0. The van der Waals surface area contributed by atoms with Gasteiger partial charge in [0.2, 0.25) is 0 Å². The molecule has 0 heterocycles. The Labute approximate surface area is 86.5 Å². The lowest BCUT2D eigenvalue weighted by molar-refractivity contribution is 0.522. The fourth-order valence-electron chi connectivity index (χ4n) is 1.79. The molecule has 14 heavy (non-hydrogen) atoms. The smallest absolute Gasteiger partial charge is 0.0487 e. The summed E-state index contributed by atoms with van der Waals surface area (Å²) in [5.41, 5.74) is 5.03. The molecule has 0 bridgehead atoms. The van der Waals surface area contributed by atoms with E-state index in [0.717, 1.165) is 18.0 Å². The molecule has 1 aromatic carbocycles. The van der Waals surface area contributed by atoms with E-state index < -0.39 is 0 Å². The number of nitrogens with two attached hydrogens (primary N) is 1. The molecule has 0 saturated carbocycles. The molecule has 1 unspecified atom stereocenters. The zero-order chi connectivity index (χ0) is 10.4. The SMILES string of the molecule is CCCC(C)Cc1cccc(NN)c1. The van der Waals surface area contributed by atoms with Gasteiger partial charge in [-0.25, -0.2) is 0 Å². The van der Waals surface area contributed by atoms with Crippen LogP contribution in [0.25, 0.3) is 0 Å². The highest BCUT2D eigenvalue weighted by atomic mass is 15.2. The predicted molar refractivity (Wildman–Crippen MR) is 62.0 cm³/mol. The van der Waals surface area contributed by atoms with Crippen LogP contribution >= 0.6 is 0 Å². The third-order valence-corrected chi connectivity index (χ3v) is 2.46.